The van der Waals surface area contributed by atoms with Crippen LogP contribution in [0.1, 0.15) is 16.7 Å². The standard InChI is InChI=1S/C12H11FN2O2.C11H9FN2O2/c1-8-6-15(12(17)14-11(8)16)7-9-2-4-10(13)5-3-9;12-9-7-14(11(16)13-10(9)15)6-8-4-2-1-3-5-8/h2-6H,7H2,1H3,(H,14,16,17);1-5,7H,6H2,(H,13,15,16). The van der Waals surface area contributed by atoms with Crippen molar-refractivity contribution in [1.82, 2.24) is 19.1 Å². The lowest BCUT2D eigenvalue weighted by atomic mass is 10.2. The number of hydrogen-bond acceptors (Lipinski definition) is 4. The monoisotopic (exact) mass is 454 g/mol. The third-order valence-corrected chi connectivity index (χ3v) is 4.62. The first-order valence-corrected chi connectivity index (χ1v) is 9.81. The third-order valence-electron chi connectivity index (χ3n) is 4.62. The molecule has 0 aliphatic heterocycles. The van der Waals surface area contributed by atoms with Crippen LogP contribution in [0.3, 0.4) is 0 Å². The molecule has 0 bridgehead atoms. The van der Waals surface area contributed by atoms with Crippen molar-refractivity contribution in [2.45, 2.75) is 20.0 Å². The predicted molar refractivity (Wildman–Crippen MR) is 118 cm³/mol. The summed E-state index contributed by atoms with van der Waals surface area (Å²) in [4.78, 5) is 48.9. The Kier molecular flexibility index (Phi) is 7.29. The van der Waals surface area contributed by atoms with E-state index < -0.39 is 22.8 Å². The lowest BCUT2D eigenvalue weighted by Crippen LogP contribution is -2.31. The van der Waals surface area contributed by atoms with E-state index in [0.29, 0.717) is 12.1 Å². The van der Waals surface area contributed by atoms with Gasteiger partial charge in [-0.15, -0.1) is 0 Å². The van der Waals surface area contributed by atoms with Crippen molar-refractivity contribution in [3.8, 4) is 0 Å². The second kappa shape index (κ2) is 10.3. The van der Waals surface area contributed by atoms with Gasteiger partial charge in [-0.2, -0.15) is 4.39 Å². The van der Waals surface area contributed by atoms with Gasteiger partial charge in [0.2, 0.25) is 5.82 Å². The van der Waals surface area contributed by atoms with Crippen LogP contribution in [-0.2, 0) is 13.1 Å². The van der Waals surface area contributed by atoms with Gasteiger partial charge in [-0.25, -0.2) is 14.0 Å². The van der Waals surface area contributed by atoms with Crippen LogP contribution in [0.4, 0.5) is 8.78 Å². The maximum Gasteiger partial charge on any atom is 0.328 e. The maximum absolute atomic E-state index is 13.0. The van der Waals surface area contributed by atoms with Gasteiger partial charge in [-0.05, 0) is 30.2 Å². The number of nitrogens with zero attached hydrogens (tertiary/aromatic N) is 2. The van der Waals surface area contributed by atoms with E-state index in [1.54, 1.807) is 19.1 Å². The molecule has 0 aliphatic carbocycles. The van der Waals surface area contributed by atoms with Gasteiger partial charge >= 0.3 is 11.4 Å². The summed E-state index contributed by atoms with van der Waals surface area (Å²) in [6.07, 6.45) is 2.40. The van der Waals surface area contributed by atoms with Gasteiger partial charge in [0.15, 0.2) is 0 Å². The van der Waals surface area contributed by atoms with Crippen LogP contribution in [0.25, 0.3) is 0 Å². The summed E-state index contributed by atoms with van der Waals surface area (Å²) in [6.45, 7) is 2.16. The molecule has 4 aromatic rings. The van der Waals surface area contributed by atoms with Crippen molar-refractivity contribution in [1.29, 1.82) is 0 Å². The normalized spacial score (nSPS) is 10.4. The fraction of sp³-hybridized carbons (Fsp3) is 0.130. The van der Waals surface area contributed by atoms with E-state index in [1.165, 1.54) is 22.9 Å². The second-order valence-electron chi connectivity index (χ2n) is 7.18. The Labute approximate surface area is 185 Å². The highest BCUT2D eigenvalue weighted by atomic mass is 19.1. The van der Waals surface area contributed by atoms with Crippen molar-refractivity contribution in [3.63, 3.8) is 0 Å². The molecular formula is C23H20F2N4O4. The van der Waals surface area contributed by atoms with Crippen LogP contribution in [0, 0.1) is 18.6 Å². The number of hydrogen-bond donors (Lipinski definition) is 2. The summed E-state index contributed by atoms with van der Waals surface area (Å²) < 4.78 is 28.2. The van der Waals surface area contributed by atoms with Gasteiger partial charge in [0, 0.05) is 11.8 Å². The molecule has 2 heterocycles. The molecule has 0 radical (unpaired) electrons. The molecule has 10 heteroatoms. The van der Waals surface area contributed by atoms with Crippen molar-refractivity contribution >= 4 is 0 Å². The molecule has 0 saturated heterocycles. The molecular weight excluding hydrogens is 434 g/mol. The molecule has 0 spiro atoms. The molecule has 2 aromatic carbocycles. The molecule has 8 nitrogen and oxygen atoms in total. The van der Waals surface area contributed by atoms with Crippen molar-refractivity contribution in [2.75, 3.05) is 0 Å². The largest absolute Gasteiger partial charge is 0.328 e. The Morgan fingerprint density at radius 1 is 0.697 bits per heavy atom. The van der Waals surface area contributed by atoms with Crippen LogP contribution in [-0.4, -0.2) is 19.1 Å². The molecule has 0 aliphatic rings. The minimum absolute atomic E-state index is 0.230. The van der Waals surface area contributed by atoms with Gasteiger partial charge < -0.3 is 0 Å². The van der Waals surface area contributed by atoms with Gasteiger partial charge in [-0.1, -0.05) is 42.5 Å². The lowest BCUT2D eigenvalue weighted by molar-refractivity contribution is 0.566. The summed E-state index contributed by atoms with van der Waals surface area (Å²) in [5.41, 5.74) is -0.345. The number of benzene rings is 2. The number of nitrogens with one attached hydrogen (secondary N) is 2. The molecule has 0 unspecified atom stereocenters. The number of aryl methyl sites for hydroxylation is 1. The fourth-order valence-electron chi connectivity index (χ4n) is 2.90. The smallest absolute Gasteiger partial charge is 0.296 e. The summed E-state index contributed by atoms with van der Waals surface area (Å²) in [5, 5.41) is 0. The van der Waals surface area contributed by atoms with Crippen LogP contribution in [0.2, 0.25) is 0 Å². The summed E-state index contributed by atoms with van der Waals surface area (Å²) in [6, 6.07) is 15.0. The molecule has 0 amide bonds. The summed E-state index contributed by atoms with van der Waals surface area (Å²) >= 11 is 0. The Morgan fingerprint density at radius 3 is 1.82 bits per heavy atom. The van der Waals surface area contributed by atoms with Crippen molar-refractivity contribution < 1.29 is 8.78 Å². The van der Waals surface area contributed by atoms with Crippen LogP contribution in [0.15, 0.2) is 86.2 Å². The fourth-order valence-corrected chi connectivity index (χ4v) is 2.90. The highest BCUT2D eigenvalue weighted by molar-refractivity contribution is 5.17. The van der Waals surface area contributed by atoms with E-state index in [1.807, 2.05) is 35.3 Å². The SMILES string of the molecule is Cc1cn(Cc2ccc(F)cc2)c(=O)[nH]c1=O.O=c1[nH]c(=O)n(Cc2ccccc2)cc1F. The zero-order valence-electron chi connectivity index (χ0n) is 17.5. The highest BCUT2D eigenvalue weighted by Gasteiger charge is 2.04. The third kappa shape index (κ3) is 6.33. The molecule has 2 aromatic heterocycles. The number of aromatic nitrogens is 4. The highest BCUT2D eigenvalue weighted by Crippen LogP contribution is 2.04. The second-order valence-corrected chi connectivity index (χ2v) is 7.18. The number of aromatic amines is 2. The quantitative estimate of drug-likeness (QED) is 0.490. The maximum atomic E-state index is 13.0. The molecule has 0 fully saturated rings. The van der Waals surface area contributed by atoms with Crippen LogP contribution < -0.4 is 22.5 Å². The van der Waals surface area contributed by atoms with Gasteiger partial charge in [-0.3, -0.25) is 28.7 Å². The molecule has 0 saturated carbocycles. The molecule has 2 N–H and O–H groups in total. The van der Waals surface area contributed by atoms with E-state index in [0.717, 1.165) is 21.9 Å². The minimum atomic E-state index is -0.991. The molecule has 33 heavy (non-hydrogen) atoms. The van der Waals surface area contributed by atoms with Crippen LogP contribution in [0.5, 0.6) is 0 Å². The van der Waals surface area contributed by atoms with E-state index >= 15 is 0 Å². The van der Waals surface area contributed by atoms with Gasteiger partial charge in [0.05, 0.1) is 19.3 Å². The average Bonchev–Trinajstić information content (AvgIpc) is 2.78. The average molecular weight is 454 g/mol. The van der Waals surface area contributed by atoms with Crippen LogP contribution >= 0.6 is 0 Å². The number of halogens is 2. The Bertz CT molecular complexity index is 1470. The Hall–Kier alpha value is -4.34. The molecule has 4 rings (SSSR count). The Balaban J connectivity index is 0.000000186. The zero-order chi connectivity index (χ0) is 24.0. The first kappa shape index (κ1) is 23.3. The minimum Gasteiger partial charge on any atom is -0.296 e. The topological polar surface area (TPSA) is 110 Å². The van der Waals surface area contributed by atoms with E-state index in [9.17, 15) is 28.0 Å². The number of H-pyrrole nitrogens is 2. The molecule has 170 valence electrons. The first-order valence-electron chi connectivity index (χ1n) is 9.81. The van der Waals surface area contributed by atoms with Gasteiger partial charge in [0.1, 0.15) is 5.82 Å². The van der Waals surface area contributed by atoms with Gasteiger partial charge in [0.25, 0.3) is 11.1 Å². The molecule has 0 atom stereocenters. The summed E-state index contributed by atoms with van der Waals surface area (Å²) in [5.74, 6) is -1.28. The zero-order valence-corrected chi connectivity index (χ0v) is 17.5. The summed E-state index contributed by atoms with van der Waals surface area (Å²) in [7, 11) is 0. The van der Waals surface area contributed by atoms with Crippen molar-refractivity contribution in [3.05, 3.63) is 137 Å². The van der Waals surface area contributed by atoms with E-state index in [-0.39, 0.29) is 17.9 Å². The first-order chi connectivity index (χ1) is 15.7. The van der Waals surface area contributed by atoms with E-state index in [4.69, 9.17) is 0 Å². The predicted octanol–water partition coefficient (Wildman–Crippen LogP) is 1.76. The van der Waals surface area contributed by atoms with Crippen molar-refractivity contribution in [2.24, 2.45) is 0 Å². The van der Waals surface area contributed by atoms with E-state index in [2.05, 4.69) is 4.98 Å². The number of rotatable bonds is 4. The Morgan fingerprint density at radius 2 is 1.21 bits per heavy atom. The lowest BCUT2D eigenvalue weighted by Gasteiger charge is -2.05.